The number of hydrogen-bond donors (Lipinski definition) is 3. The van der Waals surface area contributed by atoms with Crippen LogP contribution in [0.1, 0.15) is 124 Å². The van der Waals surface area contributed by atoms with Crippen LogP contribution in [0, 0.1) is 40.4 Å². The highest BCUT2D eigenvalue weighted by Crippen LogP contribution is 2.67. The van der Waals surface area contributed by atoms with E-state index in [1.54, 1.807) is 5.57 Å². The van der Waals surface area contributed by atoms with Gasteiger partial charge in [-0.15, -0.1) is 0 Å². The molecule has 5 fully saturated rings. The molecule has 8 heteroatoms. The molecule has 3 amide bonds. The molecule has 0 aromatic heterocycles. The van der Waals surface area contributed by atoms with Gasteiger partial charge in [0.15, 0.2) is 0 Å². The van der Waals surface area contributed by atoms with Gasteiger partial charge >= 0.3 is 6.03 Å². The van der Waals surface area contributed by atoms with Crippen LogP contribution in [0.15, 0.2) is 16.8 Å². The fourth-order valence-corrected chi connectivity index (χ4v) is 13.0. The van der Waals surface area contributed by atoms with Crippen LogP contribution in [-0.4, -0.2) is 63.9 Å². The van der Waals surface area contributed by atoms with E-state index in [0.29, 0.717) is 22.5 Å². The number of nitrogens with one attached hydrogen (secondary N) is 2. The average molecular weight is 641 g/mol. The predicted octanol–water partition coefficient (Wildman–Crippen LogP) is 7.77. The zero-order chi connectivity index (χ0) is 31.9. The van der Waals surface area contributed by atoms with Crippen LogP contribution >= 0.6 is 11.8 Å². The van der Waals surface area contributed by atoms with E-state index >= 15 is 0 Å². The molecule has 2 aliphatic heterocycles. The standard InChI is InChI=1S/C37H60N4O3S/c1-23(9-8-10-24(2)41(5)33(42)12-7-6-11-32-34-31(22-45-32)38-35(43)39-34)28-15-16-29-27-14-13-25-21-26(40-44)17-19-36(25,3)30(27)18-20-37(28,29)4/h21,23-24,27-32,34,44H,6-20,22H2,1-5H3,(H2,38,39,43)/t23-,24?,27+,28-,29+,30+,31+,32+,34+,36+,37-/m1/s1. The summed E-state index contributed by atoms with van der Waals surface area (Å²) in [5, 5.41) is 19.5. The van der Waals surface area contributed by atoms with E-state index in [4.69, 9.17) is 0 Å². The molecule has 2 heterocycles. The van der Waals surface area contributed by atoms with E-state index in [1.165, 1.54) is 51.4 Å². The van der Waals surface area contributed by atoms with Crippen LogP contribution in [0.3, 0.4) is 0 Å². The molecule has 0 bridgehead atoms. The second kappa shape index (κ2) is 13.4. The third kappa shape index (κ3) is 6.32. The second-order valence-corrected chi connectivity index (χ2v) is 17.7. The number of urea groups is 1. The summed E-state index contributed by atoms with van der Waals surface area (Å²) in [5.41, 5.74) is 3.22. The summed E-state index contributed by atoms with van der Waals surface area (Å²) in [6.07, 6.45) is 19.6. The highest BCUT2D eigenvalue weighted by Gasteiger charge is 2.59. The average Bonchev–Trinajstić information content (AvgIpc) is 3.69. The minimum Gasteiger partial charge on any atom is -0.411 e. The minimum atomic E-state index is -0.0241. The Hall–Kier alpha value is -1.70. The Bertz CT molecular complexity index is 1170. The largest absolute Gasteiger partial charge is 0.411 e. The molecule has 45 heavy (non-hydrogen) atoms. The van der Waals surface area contributed by atoms with Gasteiger partial charge in [-0.2, -0.15) is 11.8 Å². The van der Waals surface area contributed by atoms with Gasteiger partial charge in [0.2, 0.25) is 5.91 Å². The lowest BCUT2D eigenvalue weighted by atomic mass is 9.46. The van der Waals surface area contributed by atoms with Gasteiger partial charge in [0.05, 0.1) is 17.8 Å². The smallest absolute Gasteiger partial charge is 0.315 e. The zero-order valence-corrected chi connectivity index (χ0v) is 29.5. The zero-order valence-electron chi connectivity index (χ0n) is 28.7. The summed E-state index contributed by atoms with van der Waals surface area (Å²) >= 11 is 1.96. The molecular weight excluding hydrogens is 580 g/mol. The molecule has 0 radical (unpaired) electrons. The van der Waals surface area contributed by atoms with Crippen molar-refractivity contribution in [1.29, 1.82) is 0 Å². The normalized spacial score (nSPS) is 40.8. The number of fused-ring (bicyclic) bond motifs is 6. The third-order valence-corrected chi connectivity index (χ3v) is 15.8. The molecule has 0 aromatic carbocycles. The first-order valence-electron chi connectivity index (χ1n) is 18.4. The number of allylic oxidation sites excluding steroid dienone is 2. The van der Waals surface area contributed by atoms with E-state index in [0.717, 1.165) is 79.6 Å². The first kappa shape index (κ1) is 33.2. The molecule has 6 aliphatic rings. The Balaban J connectivity index is 0.929. The Morgan fingerprint density at radius 2 is 1.89 bits per heavy atom. The maximum absolute atomic E-state index is 13.0. The molecule has 1 unspecified atom stereocenters. The Morgan fingerprint density at radius 1 is 1.07 bits per heavy atom. The molecule has 6 rings (SSSR count). The van der Waals surface area contributed by atoms with E-state index in [2.05, 4.69) is 49.6 Å². The number of amides is 3. The molecule has 2 saturated heterocycles. The number of thioether (sulfide) groups is 1. The molecular formula is C37H60N4O3S. The lowest BCUT2D eigenvalue weighted by molar-refractivity contribution is -0.131. The van der Waals surface area contributed by atoms with E-state index in [1.807, 2.05) is 23.7 Å². The van der Waals surface area contributed by atoms with Gasteiger partial charge in [0.1, 0.15) is 0 Å². The lowest BCUT2D eigenvalue weighted by Crippen LogP contribution is -2.51. The molecule has 3 saturated carbocycles. The Labute approximate surface area is 276 Å². The second-order valence-electron chi connectivity index (χ2n) is 16.5. The number of nitrogens with zero attached hydrogens (tertiary/aromatic N) is 2. The maximum Gasteiger partial charge on any atom is 0.315 e. The van der Waals surface area contributed by atoms with Gasteiger partial charge in [-0.25, -0.2) is 4.79 Å². The Kier molecular flexibility index (Phi) is 9.91. The van der Waals surface area contributed by atoms with Crippen LogP contribution < -0.4 is 10.6 Å². The number of rotatable bonds is 11. The van der Waals surface area contributed by atoms with Crippen LogP contribution in [0.4, 0.5) is 4.79 Å². The molecule has 4 aliphatic carbocycles. The van der Waals surface area contributed by atoms with Crippen molar-refractivity contribution in [3.8, 4) is 0 Å². The van der Waals surface area contributed by atoms with Crippen molar-refractivity contribution in [2.45, 2.75) is 147 Å². The first-order valence-corrected chi connectivity index (χ1v) is 19.5. The lowest BCUT2D eigenvalue weighted by Gasteiger charge is -2.58. The van der Waals surface area contributed by atoms with Gasteiger partial charge < -0.3 is 20.7 Å². The van der Waals surface area contributed by atoms with Gasteiger partial charge in [-0.1, -0.05) is 50.8 Å². The number of oxime groups is 1. The van der Waals surface area contributed by atoms with Crippen molar-refractivity contribution in [2.75, 3.05) is 12.8 Å². The number of hydrogen-bond acceptors (Lipinski definition) is 5. The molecule has 0 aromatic rings. The summed E-state index contributed by atoms with van der Waals surface area (Å²) in [6.45, 7) is 9.95. The molecule has 11 atom stereocenters. The highest BCUT2D eigenvalue weighted by atomic mass is 32.2. The van der Waals surface area contributed by atoms with Crippen molar-refractivity contribution < 1.29 is 14.8 Å². The summed E-state index contributed by atoms with van der Waals surface area (Å²) in [5.74, 6) is 5.34. The number of carbonyl (C=O) groups excluding carboxylic acids is 2. The minimum absolute atomic E-state index is 0.0241. The number of carbonyl (C=O) groups is 2. The summed E-state index contributed by atoms with van der Waals surface area (Å²) in [7, 11) is 2.00. The van der Waals surface area contributed by atoms with Crippen LogP contribution in [-0.2, 0) is 4.79 Å². The third-order valence-electron chi connectivity index (χ3n) is 14.3. The molecule has 252 valence electrons. The highest BCUT2D eigenvalue weighted by molar-refractivity contribution is 8.00. The van der Waals surface area contributed by atoms with Gasteiger partial charge in [0.25, 0.3) is 0 Å². The molecule has 3 N–H and O–H groups in total. The van der Waals surface area contributed by atoms with Crippen LogP contribution in [0.25, 0.3) is 0 Å². The molecule has 7 nitrogen and oxygen atoms in total. The number of unbranched alkanes of at least 4 members (excludes halogenated alkanes) is 1. The van der Waals surface area contributed by atoms with Gasteiger partial charge in [-0.05, 0) is 124 Å². The summed E-state index contributed by atoms with van der Waals surface area (Å²) < 4.78 is 0. The van der Waals surface area contributed by atoms with Crippen LogP contribution in [0.2, 0.25) is 0 Å². The van der Waals surface area contributed by atoms with Crippen molar-refractivity contribution in [3.05, 3.63) is 11.6 Å². The van der Waals surface area contributed by atoms with E-state index in [9.17, 15) is 14.8 Å². The quantitative estimate of drug-likeness (QED) is 0.0931. The van der Waals surface area contributed by atoms with Gasteiger partial charge in [-0.3, -0.25) is 4.79 Å². The maximum atomic E-state index is 13.0. The Morgan fingerprint density at radius 3 is 2.69 bits per heavy atom. The SMILES string of the molecule is CC(CCC[C@@H](C)[C@H]1CC[C@H]2[C@@H]3CCC4=CC(=NO)CC[C@]4(C)[C@H]3CC[C@]12C)N(C)C(=O)CCCC[C@@H]1SC[C@@H]2NC(=O)N[C@@H]21. The van der Waals surface area contributed by atoms with E-state index in [-0.39, 0.29) is 30.1 Å². The topological polar surface area (TPSA) is 94.0 Å². The van der Waals surface area contributed by atoms with E-state index < -0.39 is 0 Å². The van der Waals surface area contributed by atoms with Crippen molar-refractivity contribution in [3.63, 3.8) is 0 Å². The van der Waals surface area contributed by atoms with Crippen molar-refractivity contribution in [1.82, 2.24) is 15.5 Å². The summed E-state index contributed by atoms with van der Waals surface area (Å²) in [4.78, 5) is 26.6. The molecule has 0 spiro atoms. The first-order chi connectivity index (χ1) is 21.5. The fourth-order valence-electron chi connectivity index (χ4n) is 11.4. The van der Waals surface area contributed by atoms with Gasteiger partial charge in [0, 0.05) is 30.5 Å². The summed E-state index contributed by atoms with van der Waals surface area (Å²) in [6, 6.07) is 0.795. The fraction of sp³-hybridized carbons (Fsp3) is 0.865. The predicted molar refractivity (Wildman–Crippen MR) is 184 cm³/mol. The monoisotopic (exact) mass is 640 g/mol. The van der Waals surface area contributed by atoms with Crippen molar-refractivity contribution >= 4 is 29.4 Å². The van der Waals surface area contributed by atoms with Crippen molar-refractivity contribution in [2.24, 2.45) is 45.6 Å². The van der Waals surface area contributed by atoms with Crippen LogP contribution in [0.5, 0.6) is 0 Å².